The fraction of sp³-hybridized carbons (Fsp3) is 0.429. The monoisotopic (exact) mass is 566 g/mol. The summed E-state index contributed by atoms with van der Waals surface area (Å²) in [6, 6.07) is 7.67. The molecule has 11 heteroatoms. The second-order valence-electron chi connectivity index (χ2n) is 9.92. The van der Waals surface area contributed by atoms with E-state index in [1.165, 1.54) is 11.8 Å². The lowest BCUT2D eigenvalue weighted by Crippen LogP contribution is -2.48. The first-order valence-corrected chi connectivity index (χ1v) is 14.2. The maximum atomic E-state index is 13.6. The van der Waals surface area contributed by atoms with Crippen molar-refractivity contribution in [3.8, 4) is 17.6 Å². The number of morpholine rings is 1. The number of aromatic nitrogens is 1. The fourth-order valence-corrected chi connectivity index (χ4v) is 6.49. The van der Waals surface area contributed by atoms with E-state index >= 15 is 0 Å². The first kappa shape index (κ1) is 27.2. The molecule has 3 aliphatic rings. The molecule has 5 rings (SSSR count). The molecule has 0 aliphatic carbocycles. The molecule has 2 unspecified atom stereocenters. The van der Waals surface area contributed by atoms with Crippen molar-refractivity contribution in [2.45, 2.75) is 59.4 Å². The number of fused-ring (bicyclic) bond motifs is 1. The lowest BCUT2D eigenvalue weighted by molar-refractivity contribution is -0.122. The van der Waals surface area contributed by atoms with Gasteiger partial charge in [0.1, 0.15) is 21.8 Å². The molecule has 0 radical (unpaired) electrons. The Bertz CT molecular complexity index is 1470. The maximum absolute atomic E-state index is 13.6. The normalized spacial score (nSPS) is 21.7. The van der Waals surface area contributed by atoms with Crippen molar-refractivity contribution < 1.29 is 19.0 Å². The van der Waals surface area contributed by atoms with Crippen LogP contribution in [0.2, 0.25) is 0 Å². The van der Waals surface area contributed by atoms with Crippen LogP contribution in [-0.2, 0) is 22.6 Å². The van der Waals surface area contributed by atoms with Gasteiger partial charge in [0.15, 0.2) is 11.5 Å². The van der Waals surface area contributed by atoms with Crippen LogP contribution in [0.3, 0.4) is 0 Å². The molecule has 3 aliphatic heterocycles. The van der Waals surface area contributed by atoms with Crippen molar-refractivity contribution in [1.29, 1.82) is 5.26 Å². The van der Waals surface area contributed by atoms with Gasteiger partial charge in [-0.15, -0.1) is 0 Å². The molecule has 1 aromatic carbocycles. The van der Waals surface area contributed by atoms with Gasteiger partial charge >= 0.3 is 0 Å². The number of ether oxygens (including phenoxy) is 3. The molecule has 2 aromatic rings. The van der Waals surface area contributed by atoms with Crippen LogP contribution in [0.4, 0.5) is 5.82 Å². The second kappa shape index (κ2) is 11.0. The summed E-state index contributed by atoms with van der Waals surface area (Å²) in [5.74, 6) is 1.81. The minimum Gasteiger partial charge on any atom is -0.454 e. The molecule has 0 saturated carbocycles. The standard InChI is InChI=1S/C28H30N4O5S2/c1-5-8-31-25(30-12-16(2)37-17(3)13-30)20(18(4)21(11-29)26(31)33)10-24-27(34)32(28(38)39-24)14-19-6-7-22-23(9-19)36-15-35-22/h6-7,9-10,16-17H,5,8,12-15H2,1-4H3/b24-10+. The summed E-state index contributed by atoms with van der Waals surface area (Å²) in [5.41, 5.74) is 1.88. The van der Waals surface area contributed by atoms with Crippen molar-refractivity contribution in [1.82, 2.24) is 9.47 Å². The Kier molecular flexibility index (Phi) is 7.71. The third kappa shape index (κ3) is 5.16. The molecule has 39 heavy (non-hydrogen) atoms. The van der Waals surface area contributed by atoms with Gasteiger partial charge in [0.2, 0.25) is 6.79 Å². The average Bonchev–Trinajstić information content (AvgIpc) is 3.46. The topological polar surface area (TPSA) is 97.0 Å². The number of nitriles is 1. The Morgan fingerprint density at radius 1 is 1.18 bits per heavy atom. The number of hydrogen-bond acceptors (Lipinski definition) is 9. The van der Waals surface area contributed by atoms with Crippen molar-refractivity contribution >= 4 is 46.1 Å². The van der Waals surface area contributed by atoms with Crippen LogP contribution in [0.5, 0.6) is 11.5 Å². The highest BCUT2D eigenvalue weighted by atomic mass is 32.2. The van der Waals surface area contributed by atoms with Crippen LogP contribution in [-0.4, -0.2) is 51.8 Å². The van der Waals surface area contributed by atoms with Crippen molar-refractivity contribution in [2.75, 3.05) is 24.8 Å². The largest absolute Gasteiger partial charge is 0.454 e. The van der Waals surface area contributed by atoms with E-state index in [2.05, 4.69) is 11.0 Å². The maximum Gasteiger partial charge on any atom is 0.270 e. The van der Waals surface area contributed by atoms with Crippen LogP contribution in [0.15, 0.2) is 27.9 Å². The van der Waals surface area contributed by atoms with Gasteiger partial charge in [-0.05, 0) is 56.5 Å². The van der Waals surface area contributed by atoms with Crippen LogP contribution in [0.1, 0.15) is 49.4 Å². The number of hydrogen-bond donors (Lipinski definition) is 0. The van der Waals surface area contributed by atoms with Gasteiger partial charge in [0, 0.05) is 25.2 Å². The second-order valence-corrected chi connectivity index (χ2v) is 11.6. The summed E-state index contributed by atoms with van der Waals surface area (Å²) >= 11 is 6.83. The van der Waals surface area contributed by atoms with E-state index in [9.17, 15) is 14.9 Å². The van der Waals surface area contributed by atoms with Crippen LogP contribution >= 0.6 is 24.0 Å². The lowest BCUT2D eigenvalue weighted by atomic mass is 10.0. The van der Waals surface area contributed by atoms with Crippen molar-refractivity contribution in [3.63, 3.8) is 0 Å². The molecule has 204 valence electrons. The fourth-order valence-electron chi connectivity index (χ4n) is 5.26. The minimum absolute atomic E-state index is 0.0392. The Balaban J connectivity index is 1.57. The van der Waals surface area contributed by atoms with E-state index in [4.69, 9.17) is 26.4 Å². The third-order valence-corrected chi connectivity index (χ3v) is 8.32. The van der Waals surface area contributed by atoms with Crippen molar-refractivity contribution in [3.05, 3.63) is 55.7 Å². The highest BCUT2D eigenvalue weighted by Crippen LogP contribution is 2.38. The van der Waals surface area contributed by atoms with Gasteiger partial charge in [-0.25, -0.2) is 0 Å². The summed E-state index contributed by atoms with van der Waals surface area (Å²) in [6.07, 6.45) is 2.43. The number of thioether (sulfide) groups is 1. The predicted octanol–water partition coefficient (Wildman–Crippen LogP) is 4.18. The molecule has 0 bridgehead atoms. The van der Waals surface area contributed by atoms with Gasteiger partial charge in [0.05, 0.1) is 23.7 Å². The van der Waals surface area contributed by atoms with Gasteiger partial charge in [0.25, 0.3) is 11.5 Å². The first-order chi connectivity index (χ1) is 18.7. The minimum atomic E-state index is -0.314. The third-order valence-electron chi connectivity index (χ3n) is 6.94. The van der Waals surface area contributed by atoms with Gasteiger partial charge in [-0.2, -0.15) is 5.26 Å². The van der Waals surface area contributed by atoms with E-state index in [0.717, 1.165) is 5.56 Å². The number of carbonyl (C=O) groups is 1. The summed E-state index contributed by atoms with van der Waals surface area (Å²) in [5, 5.41) is 9.89. The highest BCUT2D eigenvalue weighted by molar-refractivity contribution is 8.26. The predicted molar refractivity (Wildman–Crippen MR) is 154 cm³/mol. The Morgan fingerprint density at radius 3 is 2.59 bits per heavy atom. The molecule has 4 heterocycles. The molecule has 9 nitrogen and oxygen atoms in total. The number of carbonyl (C=O) groups excluding carboxylic acids is 1. The molecule has 0 spiro atoms. The number of anilines is 1. The van der Waals surface area contributed by atoms with Crippen LogP contribution in [0, 0.1) is 18.3 Å². The zero-order chi connectivity index (χ0) is 27.8. The SMILES string of the molecule is CCCn1c(N2CC(C)OC(C)C2)c(/C=C2/SC(=S)N(Cc3ccc4c(c3)OCO4)C2=O)c(C)c(C#N)c1=O. The average molecular weight is 567 g/mol. The number of pyridine rings is 1. The van der Waals surface area contributed by atoms with Gasteiger partial charge < -0.3 is 19.1 Å². The van der Waals surface area contributed by atoms with Crippen molar-refractivity contribution in [2.24, 2.45) is 0 Å². The van der Waals surface area contributed by atoms with Gasteiger partial charge in [-0.3, -0.25) is 19.1 Å². The molecule has 1 aromatic heterocycles. The summed E-state index contributed by atoms with van der Waals surface area (Å²) in [4.78, 5) is 31.2. The number of amides is 1. The smallest absolute Gasteiger partial charge is 0.270 e. The number of thiocarbonyl (C=S) groups is 1. The van der Waals surface area contributed by atoms with E-state index < -0.39 is 0 Å². The Hall–Kier alpha value is -3.33. The van der Waals surface area contributed by atoms with Crippen LogP contribution < -0.4 is 19.9 Å². The van der Waals surface area contributed by atoms with E-state index in [-0.39, 0.29) is 36.0 Å². The van der Waals surface area contributed by atoms with E-state index in [0.29, 0.717) is 70.3 Å². The molecular weight excluding hydrogens is 536 g/mol. The number of benzene rings is 1. The Labute approximate surface area is 236 Å². The first-order valence-electron chi connectivity index (χ1n) is 12.9. The molecule has 2 fully saturated rings. The zero-order valence-electron chi connectivity index (χ0n) is 22.4. The molecule has 0 N–H and O–H groups in total. The number of rotatable bonds is 6. The summed E-state index contributed by atoms with van der Waals surface area (Å²) in [7, 11) is 0. The summed E-state index contributed by atoms with van der Waals surface area (Å²) < 4.78 is 18.9. The van der Waals surface area contributed by atoms with E-state index in [1.807, 2.05) is 39.0 Å². The lowest BCUT2D eigenvalue weighted by Gasteiger charge is -2.39. The molecule has 2 atom stereocenters. The van der Waals surface area contributed by atoms with Crippen LogP contribution in [0.25, 0.3) is 6.08 Å². The summed E-state index contributed by atoms with van der Waals surface area (Å²) in [6.45, 7) is 9.87. The Morgan fingerprint density at radius 2 is 1.90 bits per heavy atom. The highest BCUT2D eigenvalue weighted by Gasteiger charge is 2.34. The molecule has 1 amide bonds. The van der Waals surface area contributed by atoms with Gasteiger partial charge in [-0.1, -0.05) is 37.0 Å². The zero-order valence-corrected chi connectivity index (χ0v) is 24.0. The number of nitrogens with zero attached hydrogens (tertiary/aromatic N) is 4. The van der Waals surface area contributed by atoms with E-state index in [1.54, 1.807) is 22.5 Å². The molecule has 2 saturated heterocycles. The molecular formula is C28H30N4O5S2. The quantitative estimate of drug-likeness (QED) is 0.377.